The van der Waals surface area contributed by atoms with Gasteiger partial charge in [-0.15, -0.1) is 12.4 Å². The number of likely N-dealkylation sites (N-methyl/N-ethyl adjacent to an activating group) is 1. The first kappa shape index (κ1) is 21.3. The Morgan fingerprint density at radius 2 is 1.90 bits per heavy atom. The SMILES string of the molecule is CN(C)CCN(C(=O)c1ccc2c(c1)OCCO2)c1nc2c(F)cccc2s1.Cl. The highest BCUT2D eigenvalue weighted by molar-refractivity contribution is 7.22. The number of nitrogens with zero attached hydrogens (tertiary/aromatic N) is 3. The molecule has 0 saturated carbocycles. The molecule has 154 valence electrons. The number of anilines is 1. The van der Waals surface area contributed by atoms with E-state index in [1.807, 2.05) is 19.0 Å². The molecule has 9 heteroatoms. The van der Waals surface area contributed by atoms with E-state index in [1.54, 1.807) is 35.2 Å². The second kappa shape index (κ2) is 8.94. The van der Waals surface area contributed by atoms with Gasteiger partial charge in [0.2, 0.25) is 0 Å². The lowest BCUT2D eigenvalue weighted by atomic mass is 10.1. The van der Waals surface area contributed by atoms with E-state index in [0.717, 1.165) is 0 Å². The van der Waals surface area contributed by atoms with Crippen LogP contribution in [0.4, 0.5) is 9.52 Å². The molecule has 0 aliphatic carbocycles. The Morgan fingerprint density at radius 1 is 1.14 bits per heavy atom. The van der Waals surface area contributed by atoms with E-state index in [4.69, 9.17) is 9.47 Å². The summed E-state index contributed by atoms with van der Waals surface area (Å²) in [6.45, 7) is 2.02. The zero-order chi connectivity index (χ0) is 19.7. The molecule has 4 rings (SSSR count). The normalized spacial score (nSPS) is 12.7. The minimum atomic E-state index is -0.390. The van der Waals surface area contributed by atoms with Crippen LogP contribution in [0.1, 0.15) is 10.4 Å². The van der Waals surface area contributed by atoms with Crippen LogP contribution in [-0.4, -0.2) is 56.2 Å². The van der Waals surface area contributed by atoms with E-state index < -0.39 is 0 Å². The average Bonchev–Trinajstić information content (AvgIpc) is 3.12. The molecular formula is C20H21ClFN3O3S. The lowest BCUT2D eigenvalue weighted by molar-refractivity contribution is 0.0984. The van der Waals surface area contributed by atoms with Crippen LogP contribution in [0.3, 0.4) is 0 Å². The minimum absolute atomic E-state index is 0. The van der Waals surface area contributed by atoms with Gasteiger partial charge in [-0.3, -0.25) is 9.69 Å². The number of thiazole rings is 1. The largest absolute Gasteiger partial charge is 0.486 e. The van der Waals surface area contributed by atoms with Crippen LogP contribution in [0, 0.1) is 5.82 Å². The molecule has 1 amide bonds. The third kappa shape index (κ3) is 4.44. The Bertz CT molecular complexity index is 1030. The number of aromatic nitrogens is 1. The van der Waals surface area contributed by atoms with Crippen LogP contribution < -0.4 is 14.4 Å². The van der Waals surface area contributed by atoms with Gasteiger partial charge in [0.25, 0.3) is 5.91 Å². The standard InChI is InChI=1S/C20H20FN3O3S.ClH/c1-23(2)8-9-24(20-22-18-14(21)4-3-5-17(18)28-20)19(25)13-6-7-15-16(12-13)27-11-10-26-15;/h3-7,12H,8-11H2,1-2H3;1H. The molecule has 1 aromatic heterocycles. The number of halogens is 2. The van der Waals surface area contributed by atoms with Gasteiger partial charge < -0.3 is 14.4 Å². The fourth-order valence-corrected chi connectivity index (χ4v) is 3.94. The lowest BCUT2D eigenvalue weighted by Gasteiger charge is -2.23. The molecule has 0 radical (unpaired) electrons. The van der Waals surface area contributed by atoms with E-state index >= 15 is 0 Å². The topological polar surface area (TPSA) is 54.9 Å². The smallest absolute Gasteiger partial charge is 0.260 e. The van der Waals surface area contributed by atoms with Crippen molar-refractivity contribution in [3.05, 3.63) is 47.8 Å². The molecule has 0 bridgehead atoms. The summed E-state index contributed by atoms with van der Waals surface area (Å²) in [7, 11) is 3.87. The summed E-state index contributed by atoms with van der Waals surface area (Å²) in [5, 5.41) is 0.474. The maximum absolute atomic E-state index is 14.1. The number of hydrogen-bond acceptors (Lipinski definition) is 6. The average molecular weight is 438 g/mol. The van der Waals surface area contributed by atoms with Gasteiger partial charge >= 0.3 is 0 Å². The highest BCUT2D eigenvalue weighted by atomic mass is 35.5. The van der Waals surface area contributed by atoms with Crippen molar-refractivity contribution in [2.45, 2.75) is 0 Å². The zero-order valence-corrected chi connectivity index (χ0v) is 17.7. The van der Waals surface area contributed by atoms with Gasteiger partial charge in [-0.05, 0) is 44.4 Å². The van der Waals surface area contributed by atoms with Crippen molar-refractivity contribution in [2.75, 3.05) is 45.3 Å². The third-order valence-corrected chi connectivity index (χ3v) is 5.44. The predicted molar refractivity (Wildman–Crippen MR) is 114 cm³/mol. The Balaban J connectivity index is 0.00000240. The molecule has 6 nitrogen and oxygen atoms in total. The van der Waals surface area contributed by atoms with Crippen molar-refractivity contribution in [3.63, 3.8) is 0 Å². The highest BCUT2D eigenvalue weighted by Crippen LogP contribution is 2.34. The van der Waals surface area contributed by atoms with Crippen molar-refractivity contribution in [1.82, 2.24) is 9.88 Å². The van der Waals surface area contributed by atoms with E-state index in [0.29, 0.717) is 53.2 Å². The van der Waals surface area contributed by atoms with Crippen LogP contribution in [0.15, 0.2) is 36.4 Å². The van der Waals surface area contributed by atoms with Crippen molar-refractivity contribution in [3.8, 4) is 11.5 Å². The molecule has 29 heavy (non-hydrogen) atoms. The van der Waals surface area contributed by atoms with Crippen LogP contribution in [-0.2, 0) is 0 Å². The molecule has 3 aromatic rings. The zero-order valence-electron chi connectivity index (χ0n) is 16.1. The number of benzene rings is 2. The van der Waals surface area contributed by atoms with Gasteiger partial charge in [0.15, 0.2) is 16.6 Å². The van der Waals surface area contributed by atoms with Crippen molar-refractivity contribution >= 4 is 45.0 Å². The molecule has 0 N–H and O–H groups in total. The first-order valence-corrected chi connectivity index (χ1v) is 9.76. The van der Waals surface area contributed by atoms with Gasteiger partial charge in [-0.2, -0.15) is 0 Å². The van der Waals surface area contributed by atoms with Crippen LogP contribution in [0.5, 0.6) is 11.5 Å². The molecule has 0 fully saturated rings. The molecule has 0 spiro atoms. The number of rotatable bonds is 5. The summed E-state index contributed by atoms with van der Waals surface area (Å²) in [5.74, 6) is 0.585. The Kier molecular flexibility index (Phi) is 6.56. The summed E-state index contributed by atoms with van der Waals surface area (Å²) < 4.78 is 25.9. The van der Waals surface area contributed by atoms with Crippen LogP contribution in [0.25, 0.3) is 10.2 Å². The summed E-state index contributed by atoms with van der Waals surface area (Å²) in [4.78, 5) is 21.3. The van der Waals surface area contributed by atoms with E-state index in [2.05, 4.69) is 4.98 Å². The van der Waals surface area contributed by atoms with Crippen molar-refractivity contribution in [2.24, 2.45) is 0 Å². The molecule has 0 unspecified atom stereocenters. The Morgan fingerprint density at radius 3 is 2.62 bits per heavy atom. The highest BCUT2D eigenvalue weighted by Gasteiger charge is 2.24. The summed E-state index contributed by atoms with van der Waals surface area (Å²) >= 11 is 1.30. The fourth-order valence-electron chi connectivity index (χ4n) is 2.93. The number of carbonyl (C=O) groups excluding carboxylic acids is 1. The molecular weight excluding hydrogens is 417 g/mol. The first-order valence-electron chi connectivity index (χ1n) is 8.94. The number of fused-ring (bicyclic) bond motifs is 2. The van der Waals surface area contributed by atoms with E-state index in [-0.39, 0.29) is 29.6 Å². The van der Waals surface area contributed by atoms with Gasteiger partial charge in [-0.1, -0.05) is 17.4 Å². The van der Waals surface area contributed by atoms with Gasteiger partial charge in [0.1, 0.15) is 24.5 Å². The minimum Gasteiger partial charge on any atom is -0.486 e. The number of para-hydroxylation sites is 1. The Hall–Kier alpha value is -2.42. The van der Waals surface area contributed by atoms with Crippen LogP contribution >= 0.6 is 23.7 Å². The third-order valence-electron chi connectivity index (χ3n) is 4.39. The summed E-state index contributed by atoms with van der Waals surface area (Å²) in [6.07, 6.45) is 0. The fraction of sp³-hybridized carbons (Fsp3) is 0.300. The van der Waals surface area contributed by atoms with Gasteiger partial charge in [-0.25, -0.2) is 9.37 Å². The number of hydrogen-bond donors (Lipinski definition) is 0. The number of ether oxygens (including phenoxy) is 2. The monoisotopic (exact) mass is 437 g/mol. The molecule has 0 atom stereocenters. The van der Waals surface area contributed by atoms with E-state index in [9.17, 15) is 9.18 Å². The van der Waals surface area contributed by atoms with Crippen LogP contribution in [0.2, 0.25) is 0 Å². The summed E-state index contributed by atoms with van der Waals surface area (Å²) in [6, 6.07) is 9.97. The van der Waals surface area contributed by atoms with Gasteiger partial charge in [0, 0.05) is 18.7 Å². The Labute approximate surface area is 178 Å². The summed E-state index contributed by atoms with van der Waals surface area (Å²) in [5.41, 5.74) is 0.759. The number of carbonyl (C=O) groups is 1. The van der Waals surface area contributed by atoms with Crippen molar-refractivity contribution in [1.29, 1.82) is 0 Å². The number of amides is 1. The predicted octanol–water partition coefficient (Wildman–Crippen LogP) is 3.84. The quantitative estimate of drug-likeness (QED) is 0.607. The lowest BCUT2D eigenvalue weighted by Crippen LogP contribution is -2.36. The molecule has 1 aliphatic rings. The van der Waals surface area contributed by atoms with Gasteiger partial charge in [0.05, 0.1) is 4.70 Å². The van der Waals surface area contributed by atoms with Crippen molar-refractivity contribution < 1.29 is 18.7 Å². The molecule has 2 aromatic carbocycles. The second-order valence-corrected chi connectivity index (χ2v) is 7.71. The first-order chi connectivity index (χ1) is 13.5. The molecule has 2 heterocycles. The maximum Gasteiger partial charge on any atom is 0.260 e. The second-order valence-electron chi connectivity index (χ2n) is 6.70. The molecule has 1 aliphatic heterocycles. The van der Waals surface area contributed by atoms with E-state index in [1.165, 1.54) is 17.4 Å². The maximum atomic E-state index is 14.1. The molecule has 0 saturated heterocycles.